The molecule has 2 amide bonds. The van der Waals surface area contributed by atoms with Crippen LogP contribution in [0.25, 0.3) is 0 Å². The highest BCUT2D eigenvalue weighted by atomic mass is 16.5. The first-order chi connectivity index (χ1) is 18.9. The van der Waals surface area contributed by atoms with E-state index >= 15 is 0 Å². The van der Waals surface area contributed by atoms with E-state index in [4.69, 9.17) is 4.74 Å². The first-order valence-corrected chi connectivity index (χ1v) is 14.6. The Bertz CT molecular complexity index is 886. The molecule has 0 aliphatic heterocycles. The lowest BCUT2D eigenvalue weighted by molar-refractivity contribution is -0.144. The van der Waals surface area contributed by atoms with Crippen LogP contribution in [0.5, 0.6) is 0 Å². The van der Waals surface area contributed by atoms with Crippen molar-refractivity contribution in [2.75, 3.05) is 20.3 Å². The molecule has 218 valence electrons. The van der Waals surface area contributed by atoms with Gasteiger partial charge in [0.05, 0.1) is 18.3 Å². The predicted octanol–water partition coefficient (Wildman–Crippen LogP) is 4.59. The van der Waals surface area contributed by atoms with Crippen LogP contribution in [0.1, 0.15) is 76.7 Å². The molecule has 7 nitrogen and oxygen atoms in total. The number of hydrogen-bond acceptors (Lipinski definition) is 6. The van der Waals surface area contributed by atoms with Gasteiger partial charge < -0.3 is 20.1 Å². The maximum absolute atomic E-state index is 12.5. The molecule has 0 bridgehead atoms. The fourth-order valence-electron chi connectivity index (χ4n) is 5.22. The Hall–Kier alpha value is -2.32. The Morgan fingerprint density at radius 3 is 2.44 bits per heavy atom. The second-order valence-corrected chi connectivity index (χ2v) is 10.5. The van der Waals surface area contributed by atoms with Crippen LogP contribution in [0, 0.1) is 11.8 Å². The number of allylic oxidation sites excluding steroid dienone is 2. The first kappa shape index (κ1) is 32.9. The molecule has 0 saturated heterocycles. The number of nitrogens with zero attached hydrogens (tertiary/aromatic N) is 1. The molecule has 2 rings (SSSR count). The number of carbonyl (C=O) groups is 2. The van der Waals surface area contributed by atoms with E-state index in [0.29, 0.717) is 58.1 Å². The normalized spacial score (nSPS) is 22.1. The SMILES string of the molecule is CCN(C(=O)CCC/C=C\C[C@@H]1[C@@H](/C=C/[C@@H](O)CCc2ccccc2)[C@H](O)C[C@@H]1O)C(=O)CCCCCOC. The monoisotopic (exact) mass is 543 g/mol. The van der Waals surface area contributed by atoms with Crippen molar-refractivity contribution in [2.45, 2.75) is 95.9 Å². The molecule has 0 unspecified atom stereocenters. The lowest BCUT2D eigenvalue weighted by Gasteiger charge is -2.20. The molecule has 0 spiro atoms. The van der Waals surface area contributed by atoms with Gasteiger partial charge in [-0.1, -0.05) is 61.1 Å². The highest BCUT2D eigenvalue weighted by molar-refractivity contribution is 5.95. The molecule has 3 N–H and O–H groups in total. The topological polar surface area (TPSA) is 107 Å². The molecule has 1 aromatic rings. The third-order valence-corrected chi connectivity index (χ3v) is 7.54. The standard InChI is InChI=1S/C32H49NO6/c1-3-33(32(38)18-12-7-13-23-39-2)31(37)17-11-5-4-10-16-27-28(30(36)24-29(27)35)22-21-26(34)20-19-25-14-8-6-9-15-25/h4,6,8-10,14-15,21-22,26-30,34-36H,3,5,7,11-13,16-20,23-24H2,1-2H3/b10-4-,22-21+/t26-,27+,28+,29-,30+/m0/s1. The molecule has 7 heteroatoms. The van der Waals surface area contributed by atoms with Gasteiger partial charge in [-0.15, -0.1) is 0 Å². The van der Waals surface area contributed by atoms with Crippen molar-refractivity contribution >= 4 is 11.8 Å². The van der Waals surface area contributed by atoms with Crippen molar-refractivity contribution in [2.24, 2.45) is 11.8 Å². The van der Waals surface area contributed by atoms with Gasteiger partial charge in [-0.05, 0) is 63.4 Å². The third-order valence-electron chi connectivity index (χ3n) is 7.54. The molecule has 0 aromatic heterocycles. The van der Waals surface area contributed by atoms with Crippen molar-refractivity contribution in [3.05, 3.63) is 60.2 Å². The Balaban J connectivity index is 1.72. The van der Waals surface area contributed by atoms with Crippen LogP contribution < -0.4 is 0 Å². The number of unbranched alkanes of at least 4 members (excludes halogenated alkanes) is 3. The zero-order valence-electron chi connectivity index (χ0n) is 23.8. The zero-order valence-corrected chi connectivity index (χ0v) is 23.8. The quantitative estimate of drug-likeness (QED) is 0.185. The number of imide groups is 1. The summed E-state index contributed by atoms with van der Waals surface area (Å²) in [7, 11) is 1.66. The van der Waals surface area contributed by atoms with Crippen LogP contribution in [0.3, 0.4) is 0 Å². The number of rotatable bonds is 18. The first-order valence-electron chi connectivity index (χ1n) is 14.6. The van der Waals surface area contributed by atoms with Crippen LogP contribution in [0.4, 0.5) is 0 Å². The number of hydrogen-bond donors (Lipinski definition) is 3. The van der Waals surface area contributed by atoms with Gasteiger partial charge >= 0.3 is 0 Å². The highest BCUT2D eigenvalue weighted by Crippen LogP contribution is 2.36. The largest absolute Gasteiger partial charge is 0.393 e. The van der Waals surface area contributed by atoms with Gasteiger partial charge in [-0.2, -0.15) is 0 Å². The van der Waals surface area contributed by atoms with Crippen LogP contribution in [0.2, 0.25) is 0 Å². The Morgan fingerprint density at radius 1 is 1.03 bits per heavy atom. The number of methoxy groups -OCH3 is 1. The van der Waals surface area contributed by atoms with Gasteiger partial charge in [0.15, 0.2) is 0 Å². The summed E-state index contributed by atoms with van der Waals surface area (Å²) >= 11 is 0. The van der Waals surface area contributed by atoms with Crippen LogP contribution in [-0.4, -0.2) is 70.6 Å². The summed E-state index contributed by atoms with van der Waals surface area (Å²) in [6.45, 7) is 2.91. The molecule has 0 radical (unpaired) electrons. The van der Waals surface area contributed by atoms with Crippen molar-refractivity contribution in [1.29, 1.82) is 0 Å². The molecule has 1 aliphatic carbocycles. The summed E-state index contributed by atoms with van der Waals surface area (Å²) < 4.78 is 5.02. The minimum Gasteiger partial charge on any atom is -0.393 e. The molecule has 1 aliphatic rings. The van der Waals surface area contributed by atoms with Crippen LogP contribution >= 0.6 is 0 Å². The highest BCUT2D eigenvalue weighted by Gasteiger charge is 2.39. The summed E-state index contributed by atoms with van der Waals surface area (Å²) in [5, 5.41) is 31.4. The third kappa shape index (κ3) is 12.2. The smallest absolute Gasteiger partial charge is 0.229 e. The molecule has 1 fully saturated rings. The van der Waals surface area contributed by atoms with E-state index < -0.39 is 18.3 Å². The molecular formula is C32H49NO6. The second-order valence-electron chi connectivity index (χ2n) is 10.5. The summed E-state index contributed by atoms with van der Waals surface area (Å²) in [6, 6.07) is 10.0. The van der Waals surface area contributed by atoms with Gasteiger partial charge in [0, 0.05) is 45.4 Å². The number of ether oxygens (including phenoxy) is 1. The zero-order chi connectivity index (χ0) is 28.5. The number of amides is 2. The molecule has 1 saturated carbocycles. The molecule has 39 heavy (non-hydrogen) atoms. The number of aryl methyl sites for hydroxylation is 1. The second kappa shape index (κ2) is 18.9. The number of carbonyl (C=O) groups excluding carboxylic acids is 2. The lowest BCUT2D eigenvalue weighted by atomic mass is 9.89. The van der Waals surface area contributed by atoms with Crippen molar-refractivity contribution in [3.8, 4) is 0 Å². The van der Waals surface area contributed by atoms with Crippen molar-refractivity contribution < 1.29 is 29.6 Å². The van der Waals surface area contributed by atoms with Gasteiger partial charge in [0.25, 0.3) is 0 Å². The summed E-state index contributed by atoms with van der Waals surface area (Å²) in [6.07, 6.45) is 12.8. The van der Waals surface area contributed by atoms with Gasteiger partial charge in [0.2, 0.25) is 11.8 Å². The maximum Gasteiger partial charge on any atom is 0.229 e. The summed E-state index contributed by atoms with van der Waals surface area (Å²) in [5.74, 6) is -0.560. The summed E-state index contributed by atoms with van der Waals surface area (Å²) in [4.78, 5) is 26.3. The van der Waals surface area contributed by atoms with E-state index in [1.807, 2.05) is 55.5 Å². The summed E-state index contributed by atoms with van der Waals surface area (Å²) in [5.41, 5.74) is 1.17. The van der Waals surface area contributed by atoms with Crippen molar-refractivity contribution in [1.82, 2.24) is 4.90 Å². The number of benzene rings is 1. The Labute approximate surface area is 234 Å². The minimum absolute atomic E-state index is 0.103. The number of aliphatic hydroxyl groups is 3. The van der Waals surface area contributed by atoms with Crippen molar-refractivity contribution in [3.63, 3.8) is 0 Å². The Morgan fingerprint density at radius 2 is 1.74 bits per heavy atom. The van der Waals surface area contributed by atoms with Crippen LogP contribution in [-0.2, 0) is 20.7 Å². The van der Waals surface area contributed by atoms with E-state index in [-0.39, 0.29) is 23.7 Å². The number of aliphatic hydroxyl groups excluding tert-OH is 3. The average molecular weight is 544 g/mol. The van der Waals surface area contributed by atoms with Gasteiger partial charge in [0.1, 0.15) is 0 Å². The molecule has 5 atom stereocenters. The minimum atomic E-state index is -0.633. The molecular weight excluding hydrogens is 494 g/mol. The molecule has 1 aromatic carbocycles. The van der Waals surface area contributed by atoms with E-state index in [0.717, 1.165) is 25.7 Å². The van der Waals surface area contributed by atoms with Gasteiger partial charge in [-0.3, -0.25) is 14.5 Å². The fourth-order valence-corrected chi connectivity index (χ4v) is 5.22. The van der Waals surface area contributed by atoms with Gasteiger partial charge in [-0.25, -0.2) is 0 Å². The van der Waals surface area contributed by atoms with E-state index in [1.165, 1.54) is 10.5 Å². The maximum atomic E-state index is 12.5. The lowest BCUT2D eigenvalue weighted by Crippen LogP contribution is -2.36. The van der Waals surface area contributed by atoms with E-state index in [1.54, 1.807) is 13.2 Å². The Kier molecular flexibility index (Phi) is 15.9. The predicted molar refractivity (Wildman–Crippen MR) is 154 cm³/mol. The van der Waals surface area contributed by atoms with Crippen LogP contribution in [0.15, 0.2) is 54.6 Å². The van der Waals surface area contributed by atoms with E-state index in [2.05, 4.69) is 0 Å². The fraction of sp³-hybridized carbons (Fsp3) is 0.625. The molecule has 0 heterocycles. The van der Waals surface area contributed by atoms with E-state index in [9.17, 15) is 24.9 Å². The average Bonchev–Trinajstić information content (AvgIpc) is 3.20.